The Balaban J connectivity index is 2.70. The van der Waals surface area contributed by atoms with E-state index in [1.54, 1.807) is 0 Å². The zero-order valence-electron chi connectivity index (χ0n) is 8.92. The maximum Gasteiger partial charge on any atom is 0.130 e. The lowest BCUT2D eigenvalue weighted by Gasteiger charge is -2.17. The van der Waals surface area contributed by atoms with Crippen LogP contribution in [0.5, 0.6) is 0 Å². The van der Waals surface area contributed by atoms with E-state index < -0.39 is 11.6 Å². The standard InChI is InChI=1S/C11H16F2N2O/c12-8-2-3-9(10(13)6-8)11(7-14)15-4-1-5-16/h2-3,6,11,15-16H,1,4-5,7,14H2. The highest BCUT2D eigenvalue weighted by Gasteiger charge is 2.13. The van der Waals surface area contributed by atoms with Gasteiger partial charge in [-0.15, -0.1) is 0 Å². The molecule has 1 aromatic rings. The normalized spacial score (nSPS) is 12.8. The Labute approximate surface area is 93.3 Å². The van der Waals surface area contributed by atoms with E-state index in [0.717, 1.165) is 6.07 Å². The Kier molecular flexibility index (Phi) is 5.31. The molecule has 0 aliphatic carbocycles. The van der Waals surface area contributed by atoms with Crippen LogP contribution in [0.3, 0.4) is 0 Å². The van der Waals surface area contributed by atoms with Crippen LogP contribution in [0.25, 0.3) is 0 Å². The molecule has 1 rings (SSSR count). The van der Waals surface area contributed by atoms with E-state index in [-0.39, 0.29) is 19.2 Å². The molecule has 0 aliphatic heterocycles. The van der Waals surface area contributed by atoms with Crippen molar-refractivity contribution in [2.75, 3.05) is 19.7 Å². The molecule has 0 amide bonds. The van der Waals surface area contributed by atoms with Gasteiger partial charge in [-0.3, -0.25) is 0 Å². The van der Waals surface area contributed by atoms with Gasteiger partial charge in [0.05, 0.1) is 0 Å². The smallest absolute Gasteiger partial charge is 0.130 e. The van der Waals surface area contributed by atoms with Gasteiger partial charge in [0, 0.05) is 30.8 Å². The molecule has 1 unspecified atom stereocenters. The van der Waals surface area contributed by atoms with Gasteiger partial charge in [0.15, 0.2) is 0 Å². The van der Waals surface area contributed by atoms with E-state index >= 15 is 0 Å². The van der Waals surface area contributed by atoms with Crippen LogP contribution >= 0.6 is 0 Å². The quantitative estimate of drug-likeness (QED) is 0.637. The molecule has 16 heavy (non-hydrogen) atoms. The number of nitrogens with one attached hydrogen (secondary N) is 1. The fourth-order valence-corrected chi connectivity index (χ4v) is 1.46. The largest absolute Gasteiger partial charge is 0.396 e. The lowest BCUT2D eigenvalue weighted by atomic mass is 10.1. The number of hydrogen-bond donors (Lipinski definition) is 3. The summed E-state index contributed by atoms with van der Waals surface area (Å²) >= 11 is 0. The van der Waals surface area contributed by atoms with Crippen LogP contribution in [-0.2, 0) is 0 Å². The van der Waals surface area contributed by atoms with Crippen molar-refractivity contribution in [1.82, 2.24) is 5.32 Å². The average Bonchev–Trinajstić information content (AvgIpc) is 2.26. The van der Waals surface area contributed by atoms with Crippen LogP contribution in [0.2, 0.25) is 0 Å². The molecule has 0 aliphatic rings. The number of aliphatic hydroxyl groups excluding tert-OH is 1. The predicted molar refractivity (Wildman–Crippen MR) is 57.9 cm³/mol. The number of nitrogens with two attached hydrogens (primary N) is 1. The Morgan fingerprint density at radius 2 is 2.12 bits per heavy atom. The SMILES string of the molecule is NCC(NCCCO)c1ccc(F)cc1F. The minimum Gasteiger partial charge on any atom is -0.396 e. The van der Waals surface area contributed by atoms with Crippen molar-refractivity contribution in [3.8, 4) is 0 Å². The molecule has 1 atom stereocenters. The second-order valence-electron chi connectivity index (χ2n) is 3.49. The van der Waals surface area contributed by atoms with Crippen LogP contribution in [0.15, 0.2) is 18.2 Å². The van der Waals surface area contributed by atoms with Crippen LogP contribution in [0, 0.1) is 11.6 Å². The third kappa shape index (κ3) is 3.52. The van der Waals surface area contributed by atoms with Crippen LogP contribution in [0.4, 0.5) is 8.78 Å². The molecule has 0 bridgehead atoms. The molecule has 4 N–H and O–H groups in total. The number of rotatable bonds is 6. The number of hydrogen-bond acceptors (Lipinski definition) is 3. The second-order valence-corrected chi connectivity index (χ2v) is 3.49. The third-order valence-electron chi connectivity index (χ3n) is 2.30. The summed E-state index contributed by atoms with van der Waals surface area (Å²) in [5.74, 6) is -1.21. The molecule has 90 valence electrons. The first-order chi connectivity index (χ1) is 7.69. The number of aliphatic hydroxyl groups is 1. The molecule has 0 radical (unpaired) electrons. The predicted octanol–water partition coefficient (Wildman–Crippen LogP) is 0.937. The van der Waals surface area contributed by atoms with Crippen LogP contribution in [-0.4, -0.2) is 24.8 Å². The van der Waals surface area contributed by atoms with Gasteiger partial charge >= 0.3 is 0 Å². The van der Waals surface area contributed by atoms with E-state index in [9.17, 15) is 8.78 Å². The highest BCUT2D eigenvalue weighted by molar-refractivity contribution is 5.22. The second kappa shape index (κ2) is 6.52. The fourth-order valence-electron chi connectivity index (χ4n) is 1.46. The Morgan fingerprint density at radius 3 is 2.69 bits per heavy atom. The summed E-state index contributed by atoms with van der Waals surface area (Å²) < 4.78 is 26.1. The number of benzene rings is 1. The Hall–Kier alpha value is -1.04. The van der Waals surface area contributed by atoms with E-state index in [1.165, 1.54) is 12.1 Å². The van der Waals surface area contributed by atoms with Gasteiger partial charge in [-0.2, -0.15) is 0 Å². The van der Waals surface area contributed by atoms with Gasteiger partial charge in [0.2, 0.25) is 0 Å². The summed E-state index contributed by atoms with van der Waals surface area (Å²) in [5, 5.41) is 11.6. The molecule has 0 fully saturated rings. The van der Waals surface area contributed by atoms with Gasteiger partial charge in [-0.1, -0.05) is 6.07 Å². The van der Waals surface area contributed by atoms with E-state index in [0.29, 0.717) is 18.5 Å². The van der Waals surface area contributed by atoms with Crippen molar-refractivity contribution in [1.29, 1.82) is 0 Å². The fraction of sp³-hybridized carbons (Fsp3) is 0.455. The summed E-state index contributed by atoms with van der Waals surface area (Å²) in [6.07, 6.45) is 0.569. The highest BCUT2D eigenvalue weighted by atomic mass is 19.1. The molecule has 0 spiro atoms. The Bertz CT molecular complexity index is 334. The summed E-state index contributed by atoms with van der Waals surface area (Å²) in [5.41, 5.74) is 5.86. The average molecular weight is 230 g/mol. The van der Waals surface area contributed by atoms with E-state index in [1.807, 2.05) is 0 Å². The molecular weight excluding hydrogens is 214 g/mol. The zero-order chi connectivity index (χ0) is 12.0. The van der Waals surface area contributed by atoms with Crippen LogP contribution < -0.4 is 11.1 Å². The van der Waals surface area contributed by atoms with Crippen molar-refractivity contribution in [3.05, 3.63) is 35.4 Å². The van der Waals surface area contributed by atoms with Crippen molar-refractivity contribution >= 4 is 0 Å². The first kappa shape index (κ1) is 13.0. The summed E-state index contributed by atoms with van der Waals surface area (Å²) in [7, 11) is 0. The zero-order valence-corrected chi connectivity index (χ0v) is 8.92. The van der Waals surface area contributed by atoms with Crippen LogP contribution in [0.1, 0.15) is 18.0 Å². The van der Waals surface area contributed by atoms with Crippen molar-refractivity contribution < 1.29 is 13.9 Å². The molecule has 1 aromatic carbocycles. The first-order valence-corrected chi connectivity index (χ1v) is 5.18. The van der Waals surface area contributed by atoms with Gasteiger partial charge in [0.25, 0.3) is 0 Å². The monoisotopic (exact) mass is 230 g/mol. The Morgan fingerprint density at radius 1 is 1.38 bits per heavy atom. The van der Waals surface area contributed by atoms with Gasteiger partial charge in [-0.05, 0) is 19.0 Å². The number of halogens is 2. The van der Waals surface area contributed by atoms with Gasteiger partial charge < -0.3 is 16.2 Å². The maximum absolute atomic E-state index is 13.4. The summed E-state index contributed by atoms with van der Waals surface area (Å²) in [4.78, 5) is 0. The topological polar surface area (TPSA) is 58.3 Å². The molecule has 5 heteroatoms. The lowest BCUT2D eigenvalue weighted by molar-refractivity contribution is 0.283. The van der Waals surface area contributed by atoms with Crippen molar-refractivity contribution in [2.45, 2.75) is 12.5 Å². The molecule has 0 heterocycles. The van der Waals surface area contributed by atoms with E-state index in [2.05, 4.69) is 5.32 Å². The minimum atomic E-state index is -0.605. The minimum absolute atomic E-state index is 0.0657. The molecular formula is C11H16F2N2O. The lowest BCUT2D eigenvalue weighted by Crippen LogP contribution is -2.30. The van der Waals surface area contributed by atoms with Crippen molar-refractivity contribution in [3.63, 3.8) is 0 Å². The first-order valence-electron chi connectivity index (χ1n) is 5.18. The molecule has 0 saturated heterocycles. The molecule has 0 aromatic heterocycles. The highest BCUT2D eigenvalue weighted by Crippen LogP contribution is 2.17. The summed E-state index contributed by atoms with van der Waals surface area (Å²) in [6.45, 7) is 0.819. The van der Waals surface area contributed by atoms with E-state index in [4.69, 9.17) is 10.8 Å². The van der Waals surface area contributed by atoms with Gasteiger partial charge in [0.1, 0.15) is 11.6 Å². The van der Waals surface area contributed by atoms with Gasteiger partial charge in [-0.25, -0.2) is 8.78 Å². The van der Waals surface area contributed by atoms with Crippen molar-refractivity contribution in [2.24, 2.45) is 5.73 Å². The molecule has 0 saturated carbocycles. The maximum atomic E-state index is 13.4. The summed E-state index contributed by atoms with van der Waals surface area (Å²) in [6, 6.07) is 3.07. The molecule has 3 nitrogen and oxygen atoms in total. The third-order valence-corrected chi connectivity index (χ3v) is 2.30.